The number of rotatable bonds is 5. The summed E-state index contributed by atoms with van der Waals surface area (Å²) in [5.41, 5.74) is 14.8. The van der Waals surface area contributed by atoms with E-state index in [1.165, 1.54) is 75.0 Å². The highest BCUT2D eigenvalue weighted by molar-refractivity contribution is 6.10. The van der Waals surface area contributed by atoms with E-state index >= 15 is 0 Å². The highest BCUT2D eigenvalue weighted by atomic mass is 16.3. The standard InChI is InChI=1S/C52H41NO/c1-52(2)45-31-36(25-28-41(45)44-22-12-21-40(51(44)52)34-14-3-4-15-34)50-39-19-8-6-16-35(39)26-30-47(50)53(46-23-11-17-33-13-5-7-18-38(33)46)37-27-29-43-42-20-9-10-24-48(42)54-49(43)32-37/h5-13,16-32,34H,3-4,14-15H2,1-2H3. The first kappa shape index (κ1) is 31.4. The molecule has 1 saturated carbocycles. The van der Waals surface area contributed by atoms with Gasteiger partial charge in [-0.05, 0) is 105 Å². The summed E-state index contributed by atoms with van der Waals surface area (Å²) in [7, 11) is 0. The van der Waals surface area contributed by atoms with Crippen LogP contribution in [0, 0.1) is 0 Å². The molecule has 0 atom stereocenters. The van der Waals surface area contributed by atoms with Crippen LogP contribution >= 0.6 is 0 Å². The topological polar surface area (TPSA) is 16.4 Å². The van der Waals surface area contributed by atoms with Gasteiger partial charge < -0.3 is 9.32 Å². The highest BCUT2D eigenvalue weighted by Gasteiger charge is 2.39. The number of fused-ring (bicyclic) bond motifs is 8. The molecule has 0 bridgehead atoms. The van der Waals surface area contributed by atoms with E-state index in [0.29, 0.717) is 5.92 Å². The van der Waals surface area contributed by atoms with Crippen LogP contribution in [0.3, 0.4) is 0 Å². The fourth-order valence-corrected chi connectivity index (χ4v) is 10.1. The van der Waals surface area contributed by atoms with Crippen LogP contribution in [0.1, 0.15) is 62.1 Å². The second-order valence-corrected chi connectivity index (χ2v) is 15.9. The Hall–Kier alpha value is -6.12. The summed E-state index contributed by atoms with van der Waals surface area (Å²) in [5.74, 6) is 0.663. The summed E-state index contributed by atoms with van der Waals surface area (Å²) >= 11 is 0. The second kappa shape index (κ2) is 11.9. The van der Waals surface area contributed by atoms with E-state index in [1.54, 1.807) is 11.1 Å². The minimum absolute atomic E-state index is 0.105. The van der Waals surface area contributed by atoms with Crippen molar-refractivity contribution in [2.24, 2.45) is 0 Å². The van der Waals surface area contributed by atoms with Crippen LogP contribution in [-0.2, 0) is 5.41 Å². The first-order valence-corrected chi connectivity index (χ1v) is 19.5. The quantitative estimate of drug-likeness (QED) is 0.178. The van der Waals surface area contributed by atoms with E-state index in [4.69, 9.17) is 4.42 Å². The van der Waals surface area contributed by atoms with Crippen LogP contribution in [0.4, 0.5) is 17.1 Å². The van der Waals surface area contributed by atoms with Crippen molar-refractivity contribution in [3.8, 4) is 22.3 Å². The van der Waals surface area contributed by atoms with Crippen molar-refractivity contribution >= 4 is 60.5 Å². The molecular weight excluding hydrogens is 655 g/mol. The fourth-order valence-electron chi connectivity index (χ4n) is 10.1. The summed E-state index contributed by atoms with van der Waals surface area (Å²) in [6.45, 7) is 4.91. The van der Waals surface area contributed by atoms with Crippen LogP contribution < -0.4 is 4.90 Å². The molecule has 1 aromatic heterocycles. The monoisotopic (exact) mass is 695 g/mol. The third-order valence-corrected chi connectivity index (χ3v) is 12.6. The summed E-state index contributed by atoms with van der Waals surface area (Å²) in [6.07, 6.45) is 5.28. The molecule has 0 N–H and O–H groups in total. The van der Waals surface area contributed by atoms with Gasteiger partial charge in [-0.15, -0.1) is 0 Å². The number of hydrogen-bond acceptors (Lipinski definition) is 2. The van der Waals surface area contributed by atoms with E-state index in [-0.39, 0.29) is 5.41 Å². The molecule has 2 heteroatoms. The van der Waals surface area contributed by atoms with Crippen molar-refractivity contribution < 1.29 is 4.42 Å². The average molecular weight is 696 g/mol. The Morgan fingerprint density at radius 1 is 0.537 bits per heavy atom. The summed E-state index contributed by atoms with van der Waals surface area (Å²) in [6, 6.07) is 58.3. The molecule has 9 aromatic rings. The molecule has 11 rings (SSSR count). The van der Waals surface area contributed by atoms with Gasteiger partial charge in [0.25, 0.3) is 0 Å². The molecule has 0 aliphatic heterocycles. The normalized spacial score (nSPS) is 15.0. The predicted octanol–water partition coefficient (Wildman–Crippen LogP) is 15.0. The van der Waals surface area contributed by atoms with Crippen LogP contribution in [0.15, 0.2) is 162 Å². The molecule has 0 unspecified atom stereocenters. The Labute approximate surface area is 316 Å². The van der Waals surface area contributed by atoms with Gasteiger partial charge in [0.2, 0.25) is 0 Å². The van der Waals surface area contributed by atoms with E-state index in [9.17, 15) is 0 Å². The van der Waals surface area contributed by atoms with Crippen molar-refractivity contribution in [2.45, 2.75) is 50.9 Å². The third-order valence-electron chi connectivity index (χ3n) is 12.6. The van der Waals surface area contributed by atoms with E-state index in [1.807, 2.05) is 6.07 Å². The number of hydrogen-bond donors (Lipinski definition) is 0. The first-order valence-electron chi connectivity index (χ1n) is 19.5. The number of para-hydroxylation sites is 1. The molecule has 1 fully saturated rings. The second-order valence-electron chi connectivity index (χ2n) is 15.9. The summed E-state index contributed by atoms with van der Waals surface area (Å²) in [4.78, 5) is 2.46. The van der Waals surface area contributed by atoms with E-state index in [0.717, 1.165) is 39.0 Å². The molecule has 2 aliphatic rings. The lowest BCUT2D eigenvalue weighted by atomic mass is 9.76. The summed E-state index contributed by atoms with van der Waals surface area (Å²) < 4.78 is 6.51. The Morgan fingerprint density at radius 3 is 2.09 bits per heavy atom. The van der Waals surface area contributed by atoms with Gasteiger partial charge in [-0.25, -0.2) is 0 Å². The minimum atomic E-state index is -0.105. The average Bonchev–Trinajstić information content (AvgIpc) is 3.94. The van der Waals surface area contributed by atoms with Crippen LogP contribution in [0.2, 0.25) is 0 Å². The smallest absolute Gasteiger partial charge is 0.137 e. The highest BCUT2D eigenvalue weighted by Crippen LogP contribution is 2.55. The van der Waals surface area contributed by atoms with Gasteiger partial charge in [0.15, 0.2) is 0 Å². The number of nitrogens with zero attached hydrogens (tertiary/aromatic N) is 1. The molecule has 2 nitrogen and oxygen atoms in total. The molecule has 0 spiro atoms. The molecule has 0 radical (unpaired) electrons. The lowest BCUT2D eigenvalue weighted by Crippen LogP contribution is -2.18. The summed E-state index contributed by atoms with van der Waals surface area (Å²) in [5, 5.41) is 7.15. The largest absolute Gasteiger partial charge is 0.456 e. The minimum Gasteiger partial charge on any atom is -0.456 e. The van der Waals surface area contributed by atoms with Crippen LogP contribution in [0.5, 0.6) is 0 Å². The van der Waals surface area contributed by atoms with Gasteiger partial charge >= 0.3 is 0 Å². The Morgan fingerprint density at radius 2 is 1.24 bits per heavy atom. The maximum atomic E-state index is 6.51. The molecule has 0 amide bonds. The Balaban J connectivity index is 1.17. The van der Waals surface area contributed by atoms with Crippen LogP contribution in [0.25, 0.3) is 65.7 Å². The lowest BCUT2D eigenvalue weighted by molar-refractivity contribution is 0.625. The molecule has 2 aliphatic carbocycles. The molecule has 0 saturated heterocycles. The molecule has 1 heterocycles. The van der Waals surface area contributed by atoms with Crippen molar-refractivity contribution in [1.82, 2.24) is 0 Å². The SMILES string of the molecule is CC1(C)c2cc(-c3c(N(c4ccc5c(c4)oc4ccccc45)c4cccc5ccccc45)ccc4ccccc34)ccc2-c2cccc(C3CCCC3)c21. The van der Waals surface area contributed by atoms with Crippen molar-refractivity contribution in [2.75, 3.05) is 4.90 Å². The molecule has 8 aromatic carbocycles. The zero-order valence-corrected chi connectivity index (χ0v) is 30.8. The zero-order chi connectivity index (χ0) is 36.0. The van der Waals surface area contributed by atoms with Gasteiger partial charge in [-0.3, -0.25) is 0 Å². The Kier molecular flexibility index (Phi) is 6.95. The van der Waals surface area contributed by atoms with E-state index in [2.05, 4.69) is 170 Å². The van der Waals surface area contributed by atoms with Crippen LogP contribution in [-0.4, -0.2) is 0 Å². The van der Waals surface area contributed by atoms with Gasteiger partial charge in [0.05, 0.1) is 11.4 Å². The Bertz CT molecular complexity index is 2930. The van der Waals surface area contributed by atoms with Gasteiger partial charge in [0.1, 0.15) is 11.2 Å². The van der Waals surface area contributed by atoms with Crippen molar-refractivity contribution in [3.05, 3.63) is 174 Å². The first-order chi connectivity index (χ1) is 26.5. The molecular formula is C52H41NO. The predicted molar refractivity (Wildman–Crippen MR) is 228 cm³/mol. The maximum Gasteiger partial charge on any atom is 0.137 e. The van der Waals surface area contributed by atoms with Gasteiger partial charge in [-0.2, -0.15) is 0 Å². The number of furan rings is 1. The fraction of sp³-hybridized carbons (Fsp3) is 0.154. The van der Waals surface area contributed by atoms with Gasteiger partial charge in [0, 0.05) is 38.9 Å². The van der Waals surface area contributed by atoms with E-state index < -0.39 is 0 Å². The zero-order valence-electron chi connectivity index (χ0n) is 30.8. The maximum absolute atomic E-state index is 6.51. The van der Waals surface area contributed by atoms with Crippen molar-refractivity contribution in [1.29, 1.82) is 0 Å². The van der Waals surface area contributed by atoms with Gasteiger partial charge in [-0.1, -0.05) is 142 Å². The lowest BCUT2D eigenvalue weighted by Gasteiger charge is -2.30. The van der Waals surface area contributed by atoms with Crippen molar-refractivity contribution in [3.63, 3.8) is 0 Å². The molecule has 260 valence electrons. The third kappa shape index (κ3) is 4.66. The molecule has 54 heavy (non-hydrogen) atoms. The number of anilines is 3. The number of benzene rings is 8.